The molecule has 1 aromatic carbocycles. The topological polar surface area (TPSA) is 137 Å². The van der Waals surface area contributed by atoms with Crippen molar-refractivity contribution >= 4 is 17.5 Å². The third-order valence-electron chi connectivity index (χ3n) is 8.72. The number of carbonyl (C=O) groups is 2. The number of aryl methyl sites for hydroxylation is 1. The van der Waals surface area contributed by atoms with E-state index in [4.69, 9.17) is 20.9 Å². The van der Waals surface area contributed by atoms with Crippen molar-refractivity contribution in [1.29, 1.82) is 0 Å². The van der Waals surface area contributed by atoms with Crippen LogP contribution in [0.5, 0.6) is 11.5 Å². The second-order valence-corrected chi connectivity index (χ2v) is 11.8. The molecule has 0 aliphatic heterocycles. The molecule has 41 heavy (non-hydrogen) atoms. The first-order valence-electron chi connectivity index (χ1n) is 15.5. The maximum Gasteiger partial charge on any atom is 0.185 e. The van der Waals surface area contributed by atoms with Crippen LogP contribution in [0.1, 0.15) is 107 Å². The van der Waals surface area contributed by atoms with Crippen LogP contribution in [0.3, 0.4) is 0 Å². The van der Waals surface area contributed by atoms with Gasteiger partial charge in [0.15, 0.2) is 23.2 Å². The van der Waals surface area contributed by atoms with Crippen molar-refractivity contribution in [1.82, 2.24) is 0 Å². The molecule has 0 heterocycles. The van der Waals surface area contributed by atoms with Crippen molar-refractivity contribution in [3.05, 3.63) is 34.9 Å². The second-order valence-electron chi connectivity index (χ2n) is 11.8. The average Bonchev–Trinajstić information content (AvgIpc) is 3.39. The van der Waals surface area contributed by atoms with Crippen LogP contribution in [0.2, 0.25) is 0 Å². The lowest BCUT2D eigenvalue weighted by Gasteiger charge is -2.33. The molecule has 8 heteroatoms. The summed E-state index contributed by atoms with van der Waals surface area (Å²) >= 11 is 0. The molecule has 5 N–H and O–H groups in total. The van der Waals surface area contributed by atoms with Crippen molar-refractivity contribution in [2.24, 2.45) is 28.3 Å². The zero-order valence-electron chi connectivity index (χ0n) is 25.3. The molecule has 0 amide bonds. The number of unbranched alkanes of at least 4 members (excludes halogenated alkanes) is 1. The molecule has 1 fully saturated rings. The monoisotopic (exact) mass is 569 g/mol. The number of phenols is 1. The third kappa shape index (κ3) is 9.59. The zero-order valence-corrected chi connectivity index (χ0v) is 25.3. The van der Waals surface area contributed by atoms with Gasteiger partial charge in [-0.15, -0.1) is 0 Å². The van der Waals surface area contributed by atoms with Crippen molar-refractivity contribution in [2.75, 3.05) is 20.3 Å². The van der Waals surface area contributed by atoms with Crippen LogP contribution >= 0.6 is 0 Å². The Morgan fingerprint density at radius 2 is 1.90 bits per heavy atom. The minimum absolute atomic E-state index is 0.0638. The van der Waals surface area contributed by atoms with Gasteiger partial charge in [-0.05, 0) is 112 Å². The number of rotatable bonds is 16. The van der Waals surface area contributed by atoms with E-state index in [1.165, 1.54) is 0 Å². The van der Waals surface area contributed by atoms with Gasteiger partial charge in [0, 0.05) is 38.7 Å². The van der Waals surface area contributed by atoms with E-state index in [0.717, 1.165) is 74.5 Å². The zero-order chi connectivity index (χ0) is 29.8. The number of allylic oxidation sites excluding steroid dienone is 2. The molecule has 2 aliphatic carbocycles. The number of nitrogens with two attached hydrogens (primary N) is 2. The Morgan fingerprint density at radius 1 is 1.15 bits per heavy atom. The van der Waals surface area contributed by atoms with E-state index in [1.807, 2.05) is 12.1 Å². The van der Waals surface area contributed by atoms with E-state index in [-0.39, 0.29) is 47.1 Å². The third-order valence-corrected chi connectivity index (χ3v) is 8.72. The SMILES string of the molecule is CCC/C=C/C(=O)CCc1cc(OC2CCCC2)c(O)c2c1CC[C@H](CCN=C(N)N)[C@@H](COC)[C@H]2CCC(C)=O. The van der Waals surface area contributed by atoms with Crippen LogP contribution in [-0.2, 0) is 27.2 Å². The van der Waals surface area contributed by atoms with Crippen LogP contribution in [0.15, 0.2) is 23.2 Å². The summed E-state index contributed by atoms with van der Waals surface area (Å²) in [6.07, 6.45) is 14.2. The van der Waals surface area contributed by atoms with E-state index in [9.17, 15) is 14.7 Å². The van der Waals surface area contributed by atoms with Crippen molar-refractivity contribution in [2.45, 2.75) is 109 Å². The Morgan fingerprint density at radius 3 is 2.56 bits per heavy atom. The number of Topliss-reactive ketones (excluding diaryl/α,β-unsaturated/α-hetero) is 1. The molecule has 0 unspecified atom stereocenters. The predicted molar refractivity (Wildman–Crippen MR) is 163 cm³/mol. The molecule has 228 valence electrons. The number of phenolic OH excluding ortho intramolecular Hbond substituents is 1. The summed E-state index contributed by atoms with van der Waals surface area (Å²) in [4.78, 5) is 29.2. The summed E-state index contributed by atoms with van der Waals surface area (Å²) in [6.45, 7) is 4.71. The standard InChI is InChI=1S/C33H51N3O5/c1-4-5-6-9-25(38)15-13-24-20-30(41-26-10-7-8-11-26)32(39)31-27(24)17-14-23(18-19-36-33(34)35)29(21-40-3)28(31)16-12-22(2)37/h6,9,20,23,26,28-29,39H,4-5,7-8,10-19,21H2,1-3H3,(H4,34,35,36)/b9-6+/t23-,28-,29-/m1/s1. The summed E-state index contributed by atoms with van der Waals surface area (Å²) in [6, 6.07) is 1.97. The lowest BCUT2D eigenvalue weighted by atomic mass is 9.74. The number of guanidine groups is 1. The fourth-order valence-electron chi connectivity index (χ4n) is 6.64. The second kappa shape index (κ2) is 16.5. The summed E-state index contributed by atoms with van der Waals surface area (Å²) < 4.78 is 12.2. The number of nitrogens with zero attached hydrogens (tertiary/aromatic N) is 1. The van der Waals surface area contributed by atoms with E-state index >= 15 is 0 Å². The lowest BCUT2D eigenvalue weighted by molar-refractivity contribution is -0.117. The molecule has 1 saturated carbocycles. The smallest absolute Gasteiger partial charge is 0.185 e. The highest BCUT2D eigenvalue weighted by molar-refractivity contribution is 5.89. The van der Waals surface area contributed by atoms with Crippen molar-refractivity contribution < 1.29 is 24.2 Å². The summed E-state index contributed by atoms with van der Waals surface area (Å²) in [7, 11) is 1.70. The molecular weight excluding hydrogens is 518 g/mol. The normalized spacial score (nSPS) is 21.0. The maximum absolute atomic E-state index is 12.7. The van der Waals surface area contributed by atoms with Gasteiger partial charge in [-0.25, -0.2) is 0 Å². The van der Waals surface area contributed by atoms with Gasteiger partial charge in [0.25, 0.3) is 0 Å². The first-order valence-corrected chi connectivity index (χ1v) is 15.5. The van der Waals surface area contributed by atoms with Gasteiger partial charge in [0.05, 0.1) is 6.10 Å². The summed E-state index contributed by atoms with van der Waals surface area (Å²) in [5.41, 5.74) is 14.2. The van der Waals surface area contributed by atoms with Crippen LogP contribution in [0.4, 0.5) is 0 Å². The number of hydrogen-bond acceptors (Lipinski definition) is 6. The lowest BCUT2D eigenvalue weighted by Crippen LogP contribution is -2.28. The van der Waals surface area contributed by atoms with Crippen molar-refractivity contribution in [3.63, 3.8) is 0 Å². The molecule has 0 radical (unpaired) electrons. The van der Waals surface area contributed by atoms with Gasteiger partial charge in [-0.2, -0.15) is 0 Å². The Bertz CT molecular complexity index is 1070. The number of benzene rings is 1. The van der Waals surface area contributed by atoms with Crippen LogP contribution in [0.25, 0.3) is 0 Å². The van der Waals surface area contributed by atoms with Crippen LogP contribution in [-0.4, -0.2) is 49.0 Å². The first-order chi connectivity index (χ1) is 19.7. The number of hydrogen-bond donors (Lipinski definition) is 3. The molecule has 0 aromatic heterocycles. The highest BCUT2D eigenvalue weighted by atomic mass is 16.5. The summed E-state index contributed by atoms with van der Waals surface area (Å²) in [5, 5.41) is 11.8. The molecule has 0 bridgehead atoms. The van der Waals surface area contributed by atoms with Gasteiger partial charge < -0.3 is 30.8 Å². The Kier molecular flexibility index (Phi) is 13.2. The molecule has 0 saturated heterocycles. The number of carbonyl (C=O) groups excluding carboxylic acids is 2. The Hall–Kier alpha value is -2.87. The minimum atomic E-state index is -0.105. The molecule has 1 aromatic rings. The fraction of sp³-hybridized carbons (Fsp3) is 0.667. The number of aliphatic imine (C=N–C) groups is 1. The summed E-state index contributed by atoms with van der Waals surface area (Å²) in [5.74, 6) is 1.17. The quantitative estimate of drug-likeness (QED) is 0.103. The van der Waals surface area contributed by atoms with Gasteiger partial charge in [0.1, 0.15) is 5.78 Å². The van der Waals surface area contributed by atoms with Crippen LogP contribution in [0, 0.1) is 11.8 Å². The highest BCUT2D eigenvalue weighted by Crippen LogP contribution is 2.50. The number of fused-ring (bicyclic) bond motifs is 1. The number of aromatic hydroxyl groups is 1. The number of methoxy groups -OCH3 is 1. The number of ketones is 2. The molecule has 3 rings (SSSR count). The Labute approximate surface area is 246 Å². The van der Waals surface area contributed by atoms with Gasteiger partial charge >= 0.3 is 0 Å². The Balaban J connectivity index is 2.08. The molecule has 2 aliphatic rings. The molecule has 0 spiro atoms. The first kappa shape index (κ1) is 32.6. The van der Waals surface area contributed by atoms with E-state index in [1.54, 1.807) is 20.1 Å². The largest absolute Gasteiger partial charge is 0.504 e. The number of ether oxygens (including phenoxy) is 2. The van der Waals surface area contributed by atoms with E-state index < -0.39 is 0 Å². The molecular formula is C33H51N3O5. The van der Waals surface area contributed by atoms with Gasteiger partial charge in [-0.1, -0.05) is 19.4 Å². The molecule has 3 atom stereocenters. The van der Waals surface area contributed by atoms with Crippen LogP contribution < -0.4 is 16.2 Å². The van der Waals surface area contributed by atoms with Crippen molar-refractivity contribution in [3.8, 4) is 11.5 Å². The molecule has 8 nitrogen and oxygen atoms in total. The van der Waals surface area contributed by atoms with Gasteiger partial charge in [0.2, 0.25) is 0 Å². The highest BCUT2D eigenvalue weighted by Gasteiger charge is 2.38. The van der Waals surface area contributed by atoms with E-state index in [2.05, 4.69) is 11.9 Å². The van der Waals surface area contributed by atoms with E-state index in [0.29, 0.717) is 44.6 Å². The van der Waals surface area contributed by atoms with Gasteiger partial charge in [-0.3, -0.25) is 9.79 Å². The minimum Gasteiger partial charge on any atom is -0.504 e. The predicted octanol–water partition coefficient (Wildman–Crippen LogP) is 5.51. The average molecular weight is 570 g/mol. The maximum atomic E-state index is 12.7. The fourth-order valence-corrected chi connectivity index (χ4v) is 6.64.